The number of benzene rings is 1. The number of nitrogens with one attached hydrogen (secondary N) is 1. The SMILES string of the molecule is Cc1n[nH]c(C)c1C(C)c1nnc(N2Cc3ccc(O)cc3C2)n1CC(C)C. The van der Waals surface area contributed by atoms with E-state index in [-0.39, 0.29) is 5.92 Å². The monoisotopic (exact) mass is 380 g/mol. The molecule has 1 aromatic carbocycles. The number of phenols is 1. The minimum absolute atomic E-state index is 0.104. The molecule has 2 N–H and O–H groups in total. The zero-order valence-corrected chi connectivity index (χ0v) is 17.2. The normalized spacial score (nSPS) is 14.7. The van der Waals surface area contributed by atoms with Crippen LogP contribution in [-0.4, -0.2) is 30.1 Å². The van der Waals surface area contributed by atoms with Gasteiger partial charge in [0.05, 0.1) is 5.69 Å². The van der Waals surface area contributed by atoms with Crippen molar-refractivity contribution < 1.29 is 5.11 Å². The van der Waals surface area contributed by atoms with E-state index >= 15 is 0 Å². The van der Waals surface area contributed by atoms with E-state index in [1.54, 1.807) is 6.07 Å². The molecular weight excluding hydrogens is 352 g/mol. The molecule has 0 amide bonds. The quantitative estimate of drug-likeness (QED) is 0.706. The lowest BCUT2D eigenvalue weighted by Gasteiger charge is -2.21. The van der Waals surface area contributed by atoms with Crippen LogP contribution in [0.25, 0.3) is 0 Å². The van der Waals surface area contributed by atoms with E-state index in [9.17, 15) is 5.11 Å². The zero-order valence-electron chi connectivity index (χ0n) is 17.2. The van der Waals surface area contributed by atoms with Gasteiger partial charge in [-0.15, -0.1) is 10.2 Å². The highest BCUT2D eigenvalue weighted by molar-refractivity contribution is 5.47. The number of aromatic nitrogens is 5. The Kier molecular flexibility index (Phi) is 4.61. The number of nitrogens with zero attached hydrogens (tertiary/aromatic N) is 5. The predicted octanol–water partition coefficient (Wildman–Crippen LogP) is 3.65. The Bertz CT molecular complexity index is 983. The van der Waals surface area contributed by atoms with Crippen molar-refractivity contribution in [2.45, 2.75) is 60.2 Å². The summed E-state index contributed by atoms with van der Waals surface area (Å²) < 4.78 is 2.26. The van der Waals surface area contributed by atoms with Gasteiger partial charge in [0.25, 0.3) is 0 Å². The van der Waals surface area contributed by atoms with Crippen molar-refractivity contribution >= 4 is 5.95 Å². The van der Waals surface area contributed by atoms with Gasteiger partial charge in [0.15, 0.2) is 0 Å². The minimum Gasteiger partial charge on any atom is -0.508 e. The Balaban J connectivity index is 1.72. The lowest BCUT2D eigenvalue weighted by atomic mass is 9.98. The number of hydrogen-bond acceptors (Lipinski definition) is 5. The van der Waals surface area contributed by atoms with E-state index in [2.05, 4.69) is 57.6 Å². The fraction of sp³-hybridized carbons (Fsp3) is 0.476. The number of aryl methyl sites for hydroxylation is 2. The summed E-state index contributed by atoms with van der Waals surface area (Å²) in [5.74, 6) is 2.75. The van der Waals surface area contributed by atoms with E-state index < -0.39 is 0 Å². The van der Waals surface area contributed by atoms with Gasteiger partial charge in [0.2, 0.25) is 5.95 Å². The molecule has 0 spiro atoms. The van der Waals surface area contributed by atoms with Crippen molar-refractivity contribution in [3.8, 4) is 5.75 Å². The number of rotatable bonds is 5. The number of fused-ring (bicyclic) bond motifs is 1. The second-order valence-electron chi connectivity index (χ2n) is 8.24. The molecule has 28 heavy (non-hydrogen) atoms. The van der Waals surface area contributed by atoms with Crippen LogP contribution < -0.4 is 4.90 Å². The Hall–Kier alpha value is -2.83. The van der Waals surface area contributed by atoms with Crippen molar-refractivity contribution in [3.63, 3.8) is 0 Å². The topological polar surface area (TPSA) is 82.9 Å². The number of H-pyrrole nitrogens is 1. The number of hydrogen-bond donors (Lipinski definition) is 2. The Morgan fingerprint density at radius 3 is 2.54 bits per heavy atom. The molecule has 0 saturated heterocycles. The van der Waals surface area contributed by atoms with Crippen LogP contribution in [-0.2, 0) is 19.6 Å². The van der Waals surface area contributed by atoms with Gasteiger partial charge in [-0.25, -0.2) is 0 Å². The highest BCUT2D eigenvalue weighted by atomic mass is 16.3. The lowest BCUT2D eigenvalue weighted by molar-refractivity contribution is 0.474. The molecule has 7 heteroatoms. The summed E-state index contributed by atoms with van der Waals surface area (Å²) in [6.07, 6.45) is 0. The van der Waals surface area contributed by atoms with E-state index in [1.807, 2.05) is 19.1 Å². The molecule has 0 saturated carbocycles. The maximum Gasteiger partial charge on any atom is 0.227 e. The Morgan fingerprint density at radius 2 is 1.86 bits per heavy atom. The van der Waals surface area contributed by atoms with Gasteiger partial charge < -0.3 is 10.0 Å². The van der Waals surface area contributed by atoms with Crippen LogP contribution in [0.2, 0.25) is 0 Å². The molecule has 0 fully saturated rings. The maximum atomic E-state index is 9.80. The molecule has 1 aliphatic heterocycles. The van der Waals surface area contributed by atoms with Gasteiger partial charge in [-0.2, -0.15) is 5.10 Å². The number of aromatic amines is 1. The smallest absolute Gasteiger partial charge is 0.227 e. The van der Waals surface area contributed by atoms with Gasteiger partial charge in [-0.05, 0) is 43.0 Å². The van der Waals surface area contributed by atoms with Crippen LogP contribution in [0.1, 0.15) is 60.6 Å². The van der Waals surface area contributed by atoms with Crippen molar-refractivity contribution in [1.29, 1.82) is 0 Å². The largest absolute Gasteiger partial charge is 0.508 e. The van der Waals surface area contributed by atoms with E-state index in [4.69, 9.17) is 0 Å². The first kappa shape index (κ1) is 18.5. The number of aromatic hydroxyl groups is 1. The summed E-state index contributed by atoms with van der Waals surface area (Å²) >= 11 is 0. The van der Waals surface area contributed by atoms with E-state index in [0.717, 1.165) is 48.4 Å². The second-order valence-corrected chi connectivity index (χ2v) is 8.24. The van der Waals surface area contributed by atoms with Crippen LogP contribution in [0.5, 0.6) is 5.75 Å². The molecular formula is C21H28N6O. The molecule has 4 rings (SSSR count). The molecule has 0 aliphatic carbocycles. The summed E-state index contributed by atoms with van der Waals surface area (Å²) in [5.41, 5.74) is 5.66. The van der Waals surface area contributed by atoms with Crippen LogP contribution >= 0.6 is 0 Å². The standard InChI is InChI=1S/C21H28N6O/c1-12(2)9-27-20(13(3)19-14(4)22-23-15(19)5)24-25-21(27)26-10-16-6-7-18(28)8-17(16)11-26/h6-8,12-13,28H,9-11H2,1-5H3,(H,22,23). The van der Waals surface area contributed by atoms with Gasteiger partial charge in [-0.1, -0.05) is 26.8 Å². The third-order valence-corrected chi connectivity index (χ3v) is 5.51. The zero-order chi connectivity index (χ0) is 20.0. The molecule has 1 unspecified atom stereocenters. The highest BCUT2D eigenvalue weighted by Crippen LogP contribution is 2.33. The molecule has 0 radical (unpaired) electrons. The summed E-state index contributed by atoms with van der Waals surface area (Å²) in [5, 5.41) is 26.4. The fourth-order valence-corrected chi connectivity index (χ4v) is 4.25. The van der Waals surface area contributed by atoms with Crippen LogP contribution in [0.3, 0.4) is 0 Å². The molecule has 7 nitrogen and oxygen atoms in total. The lowest BCUT2D eigenvalue weighted by Crippen LogP contribution is -2.22. The summed E-state index contributed by atoms with van der Waals surface area (Å²) in [7, 11) is 0. The predicted molar refractivity (Wildman–Crippen MR) is 108 cm³/mol. The molecule has 3 aromatic rings. The van der Waals surface area contributed by atoms with Crippen LogP contribution in [0.4, 0.5) is 5.95 Å². The van der Waals surface area contributed by atoms with Gasteiger partial charge >= 0.3 is 0 Å². The molecule has 148 valence electrons. The first-order valence-electron chi connectivity index (χ1n) is 9.85. The summed E-state index contributed by atoms with van der Waals surface area (Å²) in [6, 6.07) is 5.59. The van der Waals surface area contributed by atoms with Crippen molar-refractivity contribution in [2.24, 2.45) is 5.92 Å². The first-order chi connectivity index (χ1) is 13.3. The number of phenolic OH excluding ortho intramolecular Hbond substituents is 1. The third-order valence-electron chi connectivity index (χ3n) is 5.51. The van der Waals surface area contributed by atoms with Crippen LogP contribution in [0.15, 0.2) is 18.2 Å². The molecule has 1 aliphatic rings. The second kappa shape index (κ2) is 6.96. The van der Waals surface area contributed by atoms with Crippen molar-refractivity contribution in [2.75, 3.05) is 4.90 Å². The summed E-state index contributed by atoms with van der Waals surface area (Å²) in [6.45, 7) is 13.1. The molecule has 0 bridgehead atoms. The fourth-order valence-electron chi connectivity index (χ4n) is 4.25. The number of anilines is 1. The molecule has 3 heterocycles. The summed E-state index contributed by atoms with van der Waals surface area (Å²) in [4.78, 5) is 2.24. The Morgan fingerprint density at radius 1 is 1.11 bits per heavy atom. The molecule has 2 aromatic heterocycles. The average Bonchev–Trinajstić information content (AvgIpc) is 3.31. The maximum absolute atomic E-state index is 9.80. The van der Waals surface area contributed by atoms with Crippen LogP contribution in [0, 0.1) is 19.8 Å². The third kappa shape index (κ3) is 3.15. The highest BCUT2D eigenvalue weighted by Gasteiger charge is 2.28. The minimum atomic E-state index is 0.104. The Labute approximate surface area is 165 Å². The first-order valence-corrected chi connectivity index (χ1v) is 9.85. The average molecular weight is 380 g/mol. The van der Waals surface area contributed by atoms with Crippen molar-refractivity contribution in [1.82, 2.24) is 25.0 Å². The molecule has 1 atom stereocenters. The van der Waals surface area contributed by atoms with Gasteiger partial charge in [0, 0.05) is 36.8 Å². The van der Waals surface area contributed by atoms with Gasteiger partial charge in [-0.3, -0.25) is 9.67 Å². The van der Waals surface area contributed by atoms with Gasteiger partial charge in [0.1, 0.15) is 11.6 Å². The van der Waals surface area contributed by atoms with E-state index in [0.29, 0.717) is 11.7 Å². The van der Waals surface area contributed by atoms with E-state index in [1.165, 1.54) is 11.1 Å². The van der Waals surface area contributed by atoms with Crippen molar-refractivity contribution in [3.05, 3.63) is 52.1 Å².